The summed E-state index contributed by atoms with van der Waals surface area (Å²) >= 11 is 12.3. The van der Waals surface area contributed by atoms with E-state index in [9.17, 15) is 4.79 Å². The van der Waals surface area contributed by atoms with Crippen LogP contribution >= 0.6 is 23.2 Å². The monoisotopic (exact) mass is 347 g/mol. The second-order valence-corrected chi connectivity index (χ2v) is 6.20. The molecule has 6 nitrogen and oxygen atoms in total. The van der Waals surface area contributed by atoms with Crippen LogP contribution in [0.15, 0.2) is 24.7 Å². The third-order valence-corrected chi connectivity index (χ3v) is 4.26. The molecule has 3 heterocycles. The summed E-state index contributed by atoms with van der Waals surface area (Å²) in [6.07, 6.45) is 6.47. The maximum atomic E-state index is 12.0. The molecule has 3 aromatic heterocycles. The van der Waals surface area contributed by atoms with E-state index in [1.807, 2.05) is 0 Å². The molecule has 3 aromatic rings. The van der Waals surface area contributed by atoms with Gasteiger partial charge in [-0.05, 0) is 18.9 Å². The van der Waals surface area contributed by atoms with Crippen LogP contribution in [0.4, 0.5) is 5.82 Å². The number of imidazole rings is 1. The van der Waals surface area contributed by atoms with Gasteiger partial charge < -0.3 is 10.3 Å². The van der Waals surface area contributed by atoms with Gasteiger partial charge in [-0.3, -0.25) is 9.78 Å². The molecule has 4 rings (SSSR count). The Morgan fingerprint density at radius 2 is 2.00 bits per heavy atom. The van der Waals surface area contributed by atoms with Gasteiger partial charge in [0.2, 0.25) is 5.91 Å². The summed E-state index contributed by atoms with van der Waals surface area (Å²) in [4.78, 5) is 27.8. The molecular weight excluding hydrogens is 337 g/mol. The number of amides is 1. The fourth-order valence-corrected chi connectivity index (χ4v) is 2.89. The Kier molecular flexibility index (Phi) is 3.43. The Balaban J connectivity index is 1.80. The lowest BCUT2D eigenvalue weighted by Gasteiger charge is -2.04. The van der Waals surface area contributed by atoms with Gasteiger partial charge in [0.15, 0.2) is 5.82 Å². The fraction of sp³-hybridized carbons (Fsp3) is 0.200. The number of halogens is 2. The molecule has 0 radical (unpaired) electrons. The summed E-state index contributed by atoms with van der Waals surface area (Å²) < 4.78 is 0. The van der Waals surface area contributed by atoms with E-state index in [1.54, 1.807) is 12.3 Å². The largest absolute Gasteiger partial charge is 0.335 e. The zero-order valence-electron chi connectivity index (χ0n) is 11.8. The van der Waals surface area contributed by atoms with Gasteiger partial charge in [-0.15, -0.1) is 0 Å². The van der Waals surface area contributed by atoms with Crippen LogP contribution in [0.25, 0.3) is 22.4 Å². The topological polar surface area (TPSA) is 83.6 Å². The smallest absolute Gasteiger partial charge is 0.228 e. The second kappa shape index (κ2) is 5.47. The fourth-order valence-electron chi connectivity index (χ4n) is 2.35. The number of nitrogens with one attached hydrogen (secondary N) is 2. The number of aromatic nitrogens is 4. The van der Waals surface area contributed by atoms with Crippen LogP contribution in [0.5, 0.6) is 0 Å². The Labute approximate surface area is 141 Å². The Bertz CT molecular complexity index is 899. The van der Waals surface area contributed by atoms with Crippen LogP contribution in [0.2, 0.25) is 10.0 Å². The molecule has 1 fully saturated rings. The predicted octanol–water partition coefficient (Wildman–Crippen LogP) is 3.68. The molecule has 23 heavy (non-hydrogen) atoms. The van der Waals surface area contributed by atoms with Gasteiger partial charge in [0.25, 0.3) is 0 Å². The summed E-state index contributed by atoms with van der Waals surface area (Å²) in [6.45, 7) is 0. The average molecular weight is 348 g/mol. The van der Waals surface area contributed by atoms with Crippen LogP contribution < -0.4 is 5.32 Å². The van der Waals surface area contributed by atoms with Crippen molar-refractivity contribution in [2.24, 2.45) is 5.92 Å². The molecule has 116 valence electrons. The molecule has 1 saturated carbocycles. The van der Waals surface area contributed by atoms with Crippen molar-refractivity contribution in [2.45, 2.75) is 12.8 Å². The first kappa shape index (κ1) is 14.4. The lowest BCUT2D eigenvalue weighted by molar-refractivity contribution is -0.117. The van der Waals surface area contributed by atoms with Crippen LogP contribution in [0, 0.1) is 5.92 Å². The first-order valence-corrected chi connectivity index (χ1v) is 7.84. The van der Waals surface area contributed by atoms with Gasteiger partial charge in [0.1, 0.15) is 11.3 Å². The molecular formula is C15H11Cl2N5O. The number of nitrogens with zero attached hydrogens (tertiary/aromatic N) is 3. The number of hydrogen-bond donors (Lipinski definition) is 2. The SMILES string of the molecule is O=C(Nc1nccc2nc(-c3c(Cl)cncc3Cl)[nH]c12)C1CC1. The minimum atomic E-state index is -0.0128. The van der Waals surface area contributed by atoms with Crippen molar-refractivity contribution in [2.75, 3.05) is 5.32 Å². The number of H-pyrrole nitrogens is 1. The third-order valence-electron chi connectivity index (χ3n) is 3.68. The Morgan fingerprint density at radius 1 is 1.26 bits per heavy atom. The van der Waals surface area contributed by atoms with Gasteiger partial charge in [0.05, 0.1) is 21.1 Å². The van der Waals surface area contributed by atoms with Crippen molar-refractivity contribution in [3.63, 3.8) is 0 Å². The molecule has 0 atom stereocenters. The molecule has 0 bridgehead atoms. The van der Waals surface area contributed by atoms with E-state index in [-0.39, 0.29) is 11.8 Å². The van der Waals surface area contributed by atoms with Crippen LogP contribution in [-0.2, 0) is 4.79 Å². The number of anilines is 1. The molecule has 0 aromatic carbocycles. The number of fused-ring (bicyclic) bond motifs is 1. The lowest BCUT2D eigenvalue weighted by Crippen LogP contribution is -2.14. The van der Waals surface area contributed by atoms with E-state index >= 15 is 0 Å². The first-order valence-electron chi connectivity index (χ1n) is 7.08. The van der Waals surface area contributed by atoms with Crippen molar-refractivity contribution >= 4 is 46.0 Å². The Morgan fingerprint density at radius 3 is 2.70 bits per heavy atom. The van der Waals surface area contributed by atoms with Crippen molar-refractivity contribution in [1.82, 2.24) is 19.9 Å². The summed E-state index contributed by atoms with van der Waals surface area (Å²) in [5, 5.41) is 3.63. The highest BCUT2D eigenvalue weighted by molar-refractivity contribution is 6.38. The normalized spacial score (nSPS) is 14.2. The zero-order valence-corrected chi connectivity index (χ0v) is 13.3. The summed E-state index contributed by atoms with van der Waals surface area (Å²) in [6, 6.07) is 1.76. The molecule has 0 saturated heterocycles. The van der Waals surface area contributed by atoms with E-state index in [1.165, 1.54) is 12.4 Å². The molecule has 0 aliphatic heterocycles. The minimum absolute atomic E-state index is 0.0128. The van der Waals surface area contributed by atoms with Crippen LogP contribution in [0.3, 0.4) is 0 Å². The highest BCUT2D eigenvalue weighted by atomic mass is 35.5. The molecule has 0 spiro atoms. The maximum Gasteiger partial charge on any atom is 0.228 e. The van der Waals surface area contributed by atoms with Gasteiger partial charge in [0, 0.05) is 24.5 Å². The van der Waals surface area contributed by atoms with E-state index < -0.39 is 0 Å². The van der Waals surface area contributed by atoms with Crippen LogP contribution in [0.1, 0.15) is 12.8 Å². The van der Waals surface area contributed by atoms with Crippen molar-refractivity contribution in [3.05, 3.63) is 34.7 Å². The number of rotatable bonds is 3. The predicted molar refractivity (Wildman–Crippen MR) is 88.5 cm³/mol. The van der Waals surface area contributed by atoms with Gasteiger partial charge in [-0.2, -0.15) is 0 Å². The highest BCUT2D eigenvalue weighted by Gasteiger charge is 2.30. The molecule has 1 aliphatic carbocycles. The van der Waals surface area contributed by atoms with E-state index in [4.69, 9.17) is 23.2 Å². The number of carbonyl (C=O) groups excluding carboxylic acids is 1. The standard InChI is InChI=1S/C15H11Cl2N5O/c16-8-5-18-6-9(17)11(8)13-20-10-3-4-19-14(12(10)21-13)22-15(23)7-1-2-7/h3-7H,1-2H2,(H,20,21)(H,19,22,23). The number of hydrogen-bond acceptors (Lipinski definition) is 4. The number of carbonyl (C=O) groups is 1. The summed E-state index contributed by atoms with van der Waals surface area (Å²) in [5.74, 6) is 1.05. The van der Waals surface area contributed by atoms with Gasteiger partial charge in [-0.1, -0.05) is 23.2 Å². The summed E-state index contributed by atoms with van der Waals surface area (Å²) in [5.41, 5.74) is 1.88. The van der Waals surface area contributed by atoms with E-state index in [0.29, 0.717) is 38.3 Å². The van der Waals surface area contributed by atoms with Crippen molar-refractivity contribution in [3.8, 4) is 11.4 Å². The van der Waals surface area contributed by atoms with Crippen molar-refractivity contribution in [1.29, 1.82) is 0 Å². The average Bonchev–Trinajstić information content (AvgIpc) is 3.28. The van der Waals surface area contributed by atoms with Crippen LogP contribution in [-0.4, -0.2) is 25.8 Å². The quantitative estimate of drug-likeness (QED) is 0.756. The zero-order chi connectivity index (χ0) is 16.0. The maximum absolute atomic E-state index is 12.0. The van der Waals surface area contributed by atoms with E-state index in [0.717, 1.165) is 12.8 Å². The third kappa shape index (κ3) is 2.64. The molecule has 0 unspecified atom stereocenters. The lowest BCUT2D eigenvalue weighted by atomic mass is 10.2. The molecule has 1 aliphatic rings. The van der Waals surface area contributed by atoms with Crippen molar-refractivity contribution < 1.29 is 4.79 Å². The second-order valence-electron chi connectivity index (χ2n) is 5.38. The number of pyridine rings is 2. The van der Waals surface area contributed by atoms with Gasteiger partial charge >= 0.3 is 0 Å². The molecule has 2 N–H and O–H groups in total. The summed E-state index contributed by atoms with van der Waals surface area (Å²) in [7, 11) is 0. The minimum Gasteiger partial charge on any atom is -0.335 e. The molecule has 1 amide bonds. The van der Waals surface area contributed by atoms with Gasteiger partial charge in [-0.25, -0.2) is 9.97 Å². The molecule has 8 heteroatoms. The van der Waals surface area contributed by atoms with E-state index in [2.05, 4.69) is 25.3 Å². The first-order chi connectivity index (χ1) is 11.1. The Hall–Kier alpha value is -2.18. The highest BCUT2D eigenvalue weighted by Crippen LogP contribution is 2.34. The number of aromatic amines is 1.